The molecule has 0 unspecified atom stereocenters. The molecule has 7 heteroatoms. The maximum absolute atomic E-state index is 12.0. The third-order valence-electron chi connectivity index (χ3n) is 2.43. The van der Waals surface area contributed by atoms with Gasteiger partial charge in [0.05, 0.1) is 6.21 Å². The summed E-state index contributed by atoms with van der Waals surface area (Å²) >= 11 is 0. The van der Waals surface area contributed by atoms with E-state index < -0.39 is 6.61 Å². The van der Waals surface area contributed by atoms with Crippen molar-refractivity contribution >= 4 is 12.1 Å². The van der Waals surface area contributed by atoms with Gasteiger partial charge in [0.2, 0.25) is 0 Å². The van der Waals surface area contributed by atoms with Gasteiger partial charge in [-0.1, -0.05) is 0 Å². The largest absolute Gasteiger partial charge is 0.435 e. The summed E-state index contributed by atoms with van der Waals surface area (Å²) in [4.78, 5) is 15.5. The lowest BCUT2D eigenvalue weighted by Crippen LogP contribution is -2.17. The van der Waals surface area contributed by atoms with Gasteiger partial charge in [0.1, 0.15) is 5.75 Å². The van der Waals surface area contributed by atoms with Crippen LogP contribution < -0.4 is 10.2 Å². The van der Waals surface area contributed by atoms with Gasteiger partial charge in [-0.05, 0) is 42.0 Å². The van der Waals surface area contributed by atoms with Crippen molar-refractivity contribution in [2.45, 2.75) is 6.61 Å². The Hall–Kier alpha value is -2.83. The second-order valence-electron chi connectivity index (χ2n) is 3.88. The maximum Gasteiger partial charge on any atom is 0.387 e. The first-order valence-electron chi connectivity index (χ1n) is 5.93. The third-order valence-corrected chi connectivity index (χ3v) is 2.43. The molecule has 1 aromatic carbocycles. The highest BCUT2D eigenvalue weighted by atomic mass is 19.3. The molecule has 1 heterocycles. The average Bonchev–Trinajstić information content (AvgIpc) is 2.49. The van der Waals surface area contributed by atoms with E-state index in [-0.39, 0.29) is 11.7 Å². The minimum atomic E-state index is -2.86. The highest BCUT2D eigenvalue weighted by Crippen LogP contribution is 2.13. The molecule has 0 spiro atoms. The molecule has 0 fully saturated rings. The number of carbonyl (C=O) groups is 1. The van der Waals surface area contributed by atoms with Crippen molar-refractivity contribution in [1.82, 2.24) is 10.4 Å². The van der Waals surface area contributed by atoms with Crippen molar-refractivity contribution in [3.8, 4) is 5.75 Å². The smallest absolute Gasteiger partial charge is 0.387 e. The van der Waals surface area contributed by atoms with Gasteiger partial charge < -0.3 is 4.74 Å². The van der Waals surface area contributed by atoms with Crippen molar-refractivity contribution in [1.29, 1.82) is 0 Å². The molecule has 108 valence electrons. The van der Waals surface area contributed by atoms with Crippen molar-refractivity contribution in [2.75, 3.05) is 0 Å². The Bertz CT molecular complexity index is 616. The minimum absolute atomic E-state index is 0.0583. The summed E-state index contributed by atoms with van der Waals surface area (Å²) in [5.74, 6) is -0.311. The van der Waals surface area contributed by atoms with Gasteiger partial charge in [0, 0.05) is 18.0 Å². The Labute approximate surface area is 119 Å². The van der Waals surface area contributed by atoms with Gasteiger partial charge in [-0.3, -0.25) is 9.78 Å². The van der Waals surface area contributed by atoms with Crippen LogP contribution in [0.1, 0.15) is 15.9 Å². The molecule has 0 aliphatic heterocycles. The van der Waals surface area contributed by atoms with Crippen molar-refractivity contribution in [3.63, 3.8) is 0 Å². The number of carbonyl (C=O) groups excluding carboxylic acids is 1. The fourth-order valence-corrected chi connectivity index (χ4v) is 1.47. The zero-order valence-corrected chi connectivity index (χ0v) is 10.7. The summed E-state index contributed by atoms with van der Waals surface area (Å²) < 4.78 is 28.2. The third kappa shape index (κ3) is 4.64. The van der Waals surface area contributed by atoms with Gasteiger partial charge in [0.25, 0.3) is 5.91 Å². The molecule has 0 aliphatic carbocycles. The van der Waals surface area contributed by atoms with E-state index in [9.17, 15) is 13.6 Å². The Kier molecular flexibility index (Phi) is 4.92. The SMILES string of the molecule is O=C(N/N=C/c1ccc(OC(F)F)cc1)c1ccncc1. The van der Waals surface area contributed by atoms with Crippen LogP contribution in [0.3, 0.4) is 0 Å². The van der Waals surface area contributed by atoms with Gasteiger partial charge >= 0.3 is 6.61 Å². The molecule has 0 saturated carbocycles. The van der Waals surface area contributed by atoms with Gasteiger partial charge in [-0.2, -0.15) is 13.9 Å². The predicted molar refractivity (Wildman–Crippen MR) is 72.4 cm³/mol. The highest BCUT2D eigenvalue weighted by molar-refractivity contribution is 5.94. The van der Waals surface area contributed by atoms with E-state index in [1.165, 1.54) is 30.7 Å². The summed E-state index contributed by atoms with van der Waals surface area (Å²) in [6.07, 6.45) is 4.39. The normalized spacial score (nSPS) is 10.8. The zero-order chi connectivity index (χ0) is 15.1. The molecular formula is C14H11F2N3O2. The monoisotopic (exact) mass is 291 g/mol. The number of amides is 1. The number of hydrogen-bond donors (Lipinski definition) is 1. The highest BCUT2D eigenvalue weighted by Gasteiger charge is 2.03. The van der Waals surface area contributed by atoms with E-state index in [0.29, 0.717) is 11.1 Å². The summed E-state index contributed by atoms with van der Waals surface area (Å²) in [5, 5.41) is 3.77. The Balaban J connectivity index is 1.91. The second kappa shape index (κ2) is 7.09. The van der Waals surface area contributed by atoms with Crippen molar-refractivity contribution < 1.29 is 18.3 Å². The van der Waals surface area contributed by atoms with Crippen LogP contribution in [0.15, 0.2) is 53.9 Å². The lowest BCUT2D eigenvalue weighted by molar-refractivity contribution is -0.0498. The number of halogens is 2. The first-order valence-corrected chi connectivity index (χ1v) is 5.93. The lowest BCUT2D eigenvalue weighted by Gasteiger charge is -2.03. The van der Waals surface area contributed by atoms with E-state index in [2.05, 4.69) is 20.2 Å². The predicted octanol–water partition coefficient (Wildman–Crippen LogP) is 2.45. The Morgan fingerprint density at radius 2 is 1.86 bits per heavy atom. The molecule has 2 aromatic rings. The van der Waals surface area contributed by atoms with Crippen LogP contribution in [0.4, 0.5) is 8.78 Å². The van der Waals surface area contributed by atoms with Crippen LogP contribution >= 0.6 is 0 Å². The number of hydrogen-bond acceptors (Lipinski definition) is 4. The first kappa shape index (κ1) is 14.6. The number of nitrogens with zero attached hydrogens (tertiary/aromatic N) is 2. The van der Waals surface area contributed by atoms with Gasteiger partial charge in [-0.15, -0.1) is 0 Å². The molecule has 21 heavy (non-hydrogen) atoms. The fourth-order valence-electron chi connectivity index (χ4n) is 1.47. The minimum Gasteiger partial charge on any atom is -0.435 e. The summed E-state index contributed by atoms with van der Waals surface area (Å²) in [7, 11) is 0. The second-order valence-corrected chi connectivity index (χ2v) is 3.88. The number of pyridine rings is 1. The standard InChI is InChI=1S/C14H11F2N3O2/c15-14(16)21-12-3-1-10(2-4-12)9-18-19-13(20)11-5-7-17-8-6-11/h1-9,14H,(H,19,20)/b18-9+. The van der Waals surface area contributed by atoms with Crippen LogP contribution in [0.2, 0.25) is 0 Å². The van der Waals surface area contributed by atoms with E-state index in [1.54, 1.807) is 24.3 Å². The number of benzene rings is 1. The Morgan fingerprint density at radius 1 is 1.19 bits per heavy atom. The molecule has 0 bridgehead atoms. The molecular weight excluding hydrogens is 280 g/mol. The number of nitrogens with one attached hydrogen (secondary N) is 1. The van der Waals surface area contributed by atoms with Crippen LogP contribution in [0.25, 0.3) is 0 Å². The van der Waals surface area contributed by atoms with E-state index >= 15 is 0 Å². The molecule has 0 aliphatic rings. The zero-order valence-electron chi connectivity index (χ0n) is 10.7. The molecule has 1 amide bonds. The van der Waals surface area contributed by atoms with E-state index in [0.717, 1.165) is 0 Å². The lowest BCUT2D eigenvalue weighted by atomic mass is 10.2. The molecule has 5 nitrogen and oxygen atoms in total. The van der Waals surface area contributed by atoms with E-state index in [4.69, 9.17) is 0 Å². The van der Waals surface area contributed by atoms with E-state index in [1.807, 2.05) is 0 Å². The summed E-state index contributed by atoms with van der Waals surface area (Å²) in [6, 6.07) is 8.97. The summed E-state index contributed by atoms with van der Waals surface area (Å²) in [5.41, 5.74) is 3.41. The number of alkyl halides is 2. The number of aromatic nitrogens is 1. The number of hydrazone groups is 1. The molecule has 0 radical (unpaired) electrons. The maximum atomic E-state index is 12.0. The van der Waals surface area contributed by atoms with Gasteiger partial charge in [-0.25, -0.2) is 5.43 Å². The Morgan fingerprint density at radius 3 is 2.48 bits per heavy atom. The van der Waals surface area contributed by atoms with Gasteiger partial charge in [0.15, 0.2) is 0 Å². The van der Waals surface area contributed by atoms with Crippen molar-refractivity contribution in [3.05, 3.63) is 59.9 Å². The molecule has 2 rings (SSSR count). The fraction of sp³-hybridized carbons (Fsp3) is 0.0714. The van der Waals surface area contributed by atoms with Crippen molar-refractivity contribution in [2.24, 2.45) is 5.10 Å². The molecule has 0 atom stereocenters. The van der Waals surface area contributed by atoms with Crippen LogP contribution in [0.5, 0.6) is 5.75 Å². The quantitative estimate of drug-likeness (QED) is 0.680. The van der Waals surface area contributed by atoms with Crippen LogP contribution in [-0.2, 0) is 0 Å². The number of rotatable bonds is 5. The van der Waals surface area contributed by atoms with Crippen LogP contribution in [0, 0.1) is 0 Å². The molecule has 1 N–H and O–H groups in total. The molecule has 0 saturated heterocycles. The van der Waals surface area contributed by atoms with Crippen LogP contribution in [-0.4, -0.2) is 23.7 Å². The molecule has 1 aromatic heterocycles. The average molecular weight is 291 g/mol. The number of ether oxygens (including phenoxy) is 1. The first-order chi connectivity index (χ1) is 10.1. The summed E-state index contributed by atoms with van der Waals surface area (Å²) in [6.45, 7) is -2.86. The topological polar surface area (TPSA) is 63.6 Å².